The van der Waals surface area contributed by atoms with Crippen molar-refractivity contribution in [2.45, 2.75) is 38.7 Å². The third-order valence-electron chi connectivity index (χ3n) is 5.89. The van der Waals surface area contributed by atoms with E-state index in [4.69, 9.17) is 9.47 Å². The molecule has 0 spiro atoms. The molecule has 1 aliphatic heterocycles. The number of carbonyl (C=O) groups excluding carboxylic acids is 2. The molecule has 2 aromatic carbocycles. The van der Waals surface area contributed by atoms with Crippen LogP contribution in [0, 0.1) is 11.7 Å². The summed E-state index contributed by atoms with van der Waals surface area (Å²) in [6.07, 6.45) is 7.43. The van der Waals surface area contributed by atoms with E-state index >= 15 is 0 Å². The number of imide groups is 1. The van der Waals surface area contributed by atoms with E-state index in [1.807, 2.05) is 6.07 Å². The average Bonchev–Trinajstić information content (AvgIpc) is 3.07. The number of methoxy groups -OCH3 is 1. The molecule has 4 rings (SSSR count). The largest absolute Gasteiger partial charge is 0.493 e. The van der Waals surface area contributed by atoms with Gasteiger partial charge in [0.25, 0.3) is 11.1 Å². The summed E-state index contributed by atoms with van der Waals surface area (Å²) in [5.74, 6) is 0.856. The molecule has 2 aliphatic rings. The zero-order valence-electron chi connectivity index (χ0n) is 18.3. The molecule has 0 radical (unpaired) electrons. The van der Waals surface area contributed by atoms with Gasteiger partial charge in [-0.25, -0.2) is 4.39 Å². The smallest absolute Gasteiger partial charge is 0.293 e. The summed E-state index contributed by atoms with van der Waals surface area (Å²) in [5, 5.41) is -0.206. The standard InChI is InChI=1S/C25H25BrFNO4S/c1-31-21-12-18(11-20(26)23(21)32-15-17-7-9-19(27)10-8-17)13-22-24(29)28(25(30)33-22)14-16-5-3-2-4-6-16/h7-13,16H,2-6,14-15H2,1H3/b22-13+. The molecule has 0 unspecified atom stereocenters. The van der Waals surface area contributed by atoms with Crippen LogP contribution in [0.15, 0.2) is 45.8 Å². The lowest BCUT2D eigenvalue weighted by atomic mass is 9.89. The zero-order chi connectivity index (χ0) is 23.4. The van der Waals surface area contributed by atoms with Gasteiger partial charge in [-0.1, -0.05) is 31.4 Å². The number of halogens is 2. The highest BCUT2D eigenvalue weighted by molar-refractivity contribution is 9.10. The van der Waals surface area contributed by atoms with Gasteiger partial charge in [0.1, 0.15) is 12.4 Å². The number of amides is 2. The predicted molar refractivity (Wildman–Crippen MR) is 131 cm³/mol. The van der Waals surface area contributed by atoms with Gasteiger partial charge < -0.3 is 9.47 Å². The maximum absolute atomic E-state index is 13.1. The van der Waals surface area contributed by atoms with Crippen molar-refractivity contribution in [1.29, 1.82) is 0 Å². The Morgan fingerprint density at radius 3 is 2.58 bits per heavy atom. The summed E-state index contributed by atoms with van der Waals surface area (Å²) in [4.78, 5) is 27.2. The van der Waals surface area contributed by atoms with Crippen molar-refractivity contribution >= 4 is 44.9 Å². The summed E-state index contributed by atoms with van der Waals surface area (Å²) in [7, 11) is 1.54. The third kappa shape index (κ3) is 5.79. The van der Waals surface area contributed by atoms with E-state index in [2.05, 4.69) is 15.9 Å². The molecule has 5 nitrogen and oxygen atoms in total. The molecule has 1 saturated heterocycles. The molecule has 1 saturated carbocycles. The topological polar surface area (TPSA) is 55.8 Å². The Morgan fingerprint density at radius 1 is 1.15 bits per heavy atom. The number of carbonyl (C=O) groups is 2. The van der Waals surface area contributed by atoms with Crippen molar-refractivity contribution in [2.24, 2.45) is 5.92 Å². The maximum atomic E-state index is 13.1. The highest BCUT2D eigenvalue weighted by atomic mass is 79.9. The van der Waals surface area contributed by atoms with Crippen molar-refractivity contribution in [3.8, 4) is 11.5 Å². The molecule has 0 N–H and O–H groups in total. The fourth-order valence-electron chi connectivity index (χ4n) is 4.14. The van der Waals surface area contributed by atoms with Crippen LogP contribution in [0.1, 0.15) is 43.2 Å². The SMILES string of the molecule is COc1cc(/C=C2/SC(=O)N(CC3CCCCC3)C2=O)cc(Br)c1OCc1ccc(F)cc1. The van der Waals surface area contributed by atoms with Gasteiger partial charge in [0.15, 0.2) is 11.5 Å². The van der Waals surface area contributed by atoms with E-state index in [-0.39, 0.29) is 23.6 Å². The molecule has 1 aliphatic carbocycles. The van der Waals surface area contributed by atoms with E-state index < -0.39 is 0 Å². The van der Waals surface area contributed by atoms with Crippen LogP contribution in [0.3, 0.4) is 0 Å². The fraction of sp³-hybridized carbons (Fsp3) is 0.360. The van der Waals surface area contributed by atoms with Gasteiger partial charge in [-0.3, -0.25) is 14.5 Å². The zero-order valence-corrected chi connectivity index (χ0v) is 20.7. The minimum Gasteiger partial charge on any atom is -0.493 e. The number of hydrogen-bond acceptors (Lipinski definition) is 5. The van der Waals surface area contributed by atoms with E-state index in [0.717, 1.165) is 35.7 Å². The average molecular weight is 534 g/mol. The Labute approximate surface area is 205 Å². The maximum Gasteiger partial charge on any atom is 0.293 e. The van der Waals surface area contributed by atoms with Gasteiger partial charge >= 0.3 is 0 Å². The molecule has 2 amide bonds. The Balaban J connectivity index is 1.49. The molecule has 33 heavy (non-hydrogen) atoms. The van der Waals surface area contributed by atoms with Crippen LogP contribution >= 0.6 is 27.7 Å². The fourth-order valence-corrected chi connectivity index (χ4v) is 5.56. The first-order valence-electron chi connectivity index (χ1n) is 10.9. The minimum atomic E-state index is -0.301. The van der Waals surface area contributed by atoms with Crippen LogP contribution in [0.5, 0.6) is 11.5 Å². The van der Waals surface area contributed by atoms with Crippen molar-refractivity contribution < 1.29 is 23.5 Å². The van der Waals surface area contributed by atoms with Crippen molar-refractivity contribution in [1.82, 2.24) is 4.90 Å². The summed E-state index contributed by atoms with van der Waals surface area (Å²) >= 11 is 4.49. The second kappa shape index (κ2) is 10.7. The van der Waals surface area contributed by atoms with Gasteiger partial charge in [-0.15, -0.1) is 0 Å². The molecule has 0 aromatic heterocycles. The van der Waals surface area contributed by atoms with Crippen LogP contribution in [0.2, 0.25) is 0 Å². The van der Waals surface area contributed by atoms with Crippen LogP contribution in [-0.4, -0.2) is 29.7 Å². The molecular formula is C25H25BrFNO4S. The van der Waals surface area contributed by atoms with Crippen LogP contribution in [-0.2, 0) is 11.4 Å². The Hall–Kier alpha value is -2.32. The first kappa shape index (κ1) is 23.8. The number of ether oxygens (including phenoxy) is 2. The lowest BCUT2D eigenvalue weighted by Gasteiger charge is -2.25. The van der Waals surface area contributed by atoms with E-state index in [9.17, 15) is 14.0 Å². The highest BCUT2D eigenvalue weighted by Gasteiger charge is 2.36. The molecule has 1 heterocycles. The molecule has 174 valence electrons. The van der Waals surface area contributed by atoms with E-state index in [0.29, 0.717) is 33.3 Å². The summed E-state index contributed by atoms with van der Waals surface area (Å²) in [6, 6.07) is 9.67. The summed E-state index contributed by atoms with van der Waals surface area (Å²) in [6.45, 7) is 0.750. The lowest BCUT2D eigenvalue weighted by Crippen LogP contribution is -2.34. The first-order valence-corrected chi connectivity index (χ1v) is 12.6. The molecule has 8 heteroatoms. The molecule has 2 fully saturated rings. The predicted octanol–water partition coefficient (Wildman–Crippen LogP) is 6.79. The van der Waals surface area contributed by atoms with Gasteiger partial charge in [0.2, 0.25) is 0 Å². The number of benzene rings is 2. The molecule has 0 bridgehead atoms. The first-order chi connectivity index (χ1) is 15.9. The van der Waals surface area contributed by atoms with Crippen LogP contribution in [0.25, 0.3) is 6.08 Å². The number of thioether (sulfide) groups is 1. The normalized spacial score (nSPS) is 18.3. The monoisotopic (exact) mass is 533 g/mol. The Morgan fingerprint density at radius 2 is 1.88 bits per heavy atom. The van der Waals surface area contributed by atoms with Gasteiger partial charge in [-0.05, 0) is 87.9 Å². The molecule has 2 aromatic rings. The Kier molecular flexibility index (Phi) is 7.75. The van der Waals surface area contributed by atoms with Gasteiger partial charge in [0, 0.05) is 6.54 Å². The second-order valence-electron chi connectivity index (χ2n) is 8.25. The van der Waals surface area contributed by atoms with Crippen molar-refractivity contribution in [3.05, 3.63) is 62.7 Å². The quantitative estimate of drug-likeness (QED) is 0.366. The highest BCUT2D eigenvalue weighted by Crippen LogP contribution is 2.40. The van der Waals surface area contributed by atoms with Crippen LogP contribution < -0.4 is 9.47 Å². The second-order valence-corrected chi connectivity index (χ2v) is 10.1. The number of nitrogens with zero attached hydrogens (tertiary/aromatic N) is 1. The van der Waals surface area contributed by atoms with Gasteiger partial charge in [-0.2, -0.15) is 0 Å². The molecule has 0 atom stereocenters. The molecular weight excluding hydrogens is 509 g/mol. The third-order valence-corrected chi connectivity index (χ3v) is 7.38. The minimum absolute atomic E-state index is 0.206. The summed E-state index contributed by atoms with van der Waals surface area (Å²) in [5.41, 5.74) is 1.54. The van der Waals surface area contributed by atoms with E-state index in [1.54, 1.807) is 24.3 Å². The lowest BCUT2D eigenvalue weighted by molar-refractivity contribution is -0.123. The van der Waals surface area contributed by atoms with Crippen molar-refractivity contribution in [2.75, 3.05) is 13.7 Å². The van der Waals surface area contributed by atoms with Gasteiger partial charge in [0.05, 0.1) is 16.5 Å². The number of hydrogen-bond donors (Lipinski definition) is 0. The van der Waals surface area contributed by atoms with Crippen molar-refractivity contribution in [3.63, 3.8) is 0 Å². The van der Waals surface area contributed by atoms with Crippen LogP contribution in [0.4, 0.5) is 9.18 Å². The summed E-state index contributed by atoms with van der Waals surface area (Å²) < 4.78 is 25.2. The Bertz CT molecular complexity index is 1070. The van der Waals surface area contributed by atoms with E-state index in [1.165, 1.54) is 43.4 Å². The number of rotatable bonds is 7.